The van der Waals surface area contributed by atoms with E-state index in [1.54, 1.807) is 49.4 Å². The molecule has 0 radical (unpaired) electrons. The van der Waals surface area contributed by atoms with Crippen molar-refractivity contribution in [2.45, 2.75) is 13.0 Å². The van der Waals surface area contributed by atoms with Crippen LogP contribution in [0.2, 0.25) is 5.02 Å². The topological polar surface area (TPSA) is 64.7 Å². The molecule has 0 amide bonds. The summed E-state index contributed by atoms with van der Waals surface area (Å²) < 4.78 is 16.5. The number of aromatic nitrogens is 1. The molecule has 0 spiro atoms. The number of fused-ring (bicyclic) bond motifs is 1. The first-order valence-corrected chi connectivity index (χ1v) is 7.13. The van der Waals surface area contributed by atoms with Crippen LogP contribution in [0.15, 0.2) is 46.9 Å². The smallest absolute Gasteiger partial charge is 0.400 e. The maximum absolute atomic E-state index is 8.95. The van der Waals surface area contributed by atoms with Gasteiger partial charge in [-0.05, 0) is 43.3 Å². The summed E-state index contributed by atoms with van der Waals surface area (Å²) in [6.45, 7) is 1.75. The Labute approximate surface area is 132 Å². The minimum absolute atomic E-state index is 0.0380. The monoisotopic (exact) mass is 319 g/mol. The number of aliphatic hydroxyl groups is 1. The van der Waals surface area contributed by atoms with Gasteiger partial charge in [-0.15, -0.1) is 0 Å². The summed E-state index contributed by atoms with van der Waals surface area (Å²) in [6.07, 6.45) is -0.108. The molecule has 3 rings (SSSR count). The second-order valence-corrected chi connectivity index (χ2v) is 5.21. The van der Waals surface area contributed by atoms with E-state index in [2.05, 4.69) is 4.98 Å². The standard InChI is InChI=1S/C16H14ClNO4/c1-10(9-19)20-12-3-5-13(6-4-12)21-16-18-14-7-2-11(17)8-15(14)22-16/h2-8,10,19H,9H2,1H3. The van der Waals surface area contributed by atoms with Crippen LogP contribution < -0.4 is 9.47 Å². The van der Waals surface area contributed by atoms with Gasteiger partial charge >= 0.3 is 6.08 Å². The molecule has 1 N–H and O–H groups in total. The van der Waals surface area contributed by atoms with Crippen LogP contribution in [0.3, 0.4) is 0 Å². The molecule has 1 unspecified atom stereocenters. The maximum Gasteiger partial charge on any atom is 0.400 e. The Hall–Kier alpha value is -2.24. The summed E-state index contributed by atoms with van der Waals surface area (Å²) in [5.74, 6) is 1.22. The van der Waals surface area contributed by atoms with Crippen molar-refractivity contribution in [1.29, 1.82) is 0 Å². The van der Waals surface area contributed by atoms with Crippen molar-refractivity contribution in [3.63, 3.8) is 0 Å². The second-order valence-electron chi connectivity index (χ2n) is 4.78. The van der Waals surface area contributed by atoms with Crippen molar-refractivity contribution in [3.8, 4) is 17.6 Å². The third-order valence-corrected chi connectivity index (χ3v) is 3.19. The van der Waals surface area contributed by atoms with Gasteiger partial charge in [-0.1, -0.05) is 11.6 Å². The molecule has 0 bridgehead atoms. The van der Waals surface area contributed by atoms with Gasteiger partial charge in [-0.25, -0.2) is 0 Å². The Morgan fingerprint density at radius 1 is 1.18 bits per heavy atom. The number of aliphatic hydroxyl groups excluding tert-OH is 1. The van der Waals surface area contributed by atoms with Crippen LogP contribution in [0, 0.1) is 0 Å². The Morgan fingerprint density at radius 3 is 2.64 bits per heavy atom. The molecule has 1 heterocycles. The van der Waals surface area contributed by atoms with Gasteiger partial charge < -0.3 is 19.0 Å². The predicted octanol–water partition coefficient (Wildman–Crippen LogP) is 4.03. The number of hydrogen-bond donors (Lipinski definition) is 1. The largest absolute Gasteiger partial charge is 0.488 e. The first kappa shape index (κ1) is 14.7. The lowest BCUT2D eigenvalue weighted by atomic mass is 10.3. The van der Waals surface area contributed by atoms with Crippen molar-refractivity contribution in [2.75, 3.05) is 6.61 Å². The van der Waals surface area contributed by atoms with E-state index in [-0.39, 0.29) is 18.8 Å². The van der Waals surface area contributed by atoms with E-state index < -0.39 is 0 Å². The summed E-state index contributed by atoms with van der Waals surface area (Å²) in [7, 11) is 0. The van der Waals surface area contributed by atoms with Crippen LogP contribution >= 0.6 is 11.6 Å². The zero-order valence-corrected chi connectivity index (χ0v) is 12.6. The van der Waals surface area contributed by atoms with Crippen LogP contribution in [0.1, 0.15) is 6.92 Å². The number of hydrogen-bond acceptors (Lipinski definition) is 5. The third kappa shape index (κ3) is 3.32. The van der Waals surface area contributed by atoms with E-state index in [0.29, 0.717) is 27.6 Å². The van der Waals surface area contributed by atoms with Crippen molar-refractivity contribution in [1.82, 2.24) is 4.98 Å². The highest BCUT2D eigenvalue weighted by Crippen LogP contribution is 2.28. The molecule has 0 saturated carbocycles. The maximum atomic E-state index is 8.95. The molecule has 0 saturated heterocycles. The highest BCUT2D eigenvalue weighted by Gasteiger charge is 2.09. The van der Waals surface area contributed by atoms with Gasteiger partial charge in [0.1, 0.15) is 23.1 Å². The molecule has 1 aromatic heterocycles. The summed E-state index contributed by atoms with van der Waals surface area (Å²) >= 11 is 5.90. The number of halogens is 1. The number of oxazole rings is 1. The summed E-state index contributed by atoms with van der Waals surface area (Å²) in [6, 6.07) is 12.2. The van der Waals surface area contributed by atoms with Crippen LogP contribution in [0.5, 0.6) is 17.6 Å². The molecular weight excluding hydrogens is 306 g/mol. The van der Waals surface area contributed by atoms with Crippen LogP contribution in [0.4, 0.5) is 0 Å². The van der Waals surface area contributed by atoms with Gasteiger partial charge in [0.15, 0.2) is 5.58 Å². The fourth-order valence-corrected chi connectivity index (χ4v) is 2.04. The molecule has 0 fully saturated rings. The molecular formula is C16H14ClNO4. The van der Waals surface area contributed by atoms with E-state index in [4.69, 9.17) is 30.6 Å². The second kappa shape index (κ2) is 6.25. The zero-order chi connectivity index (χ0) is 15.5. The first-order chi connectivity index (χ1) is 10.6. The fourth-order valence-electron chi connectivity index (χ4n) is 1.88. The van der Waals surface area contributed by atoms with E-state index in [0.717, 1.165) is 0 Å². The summed E-state index contributed by atoms with van der Waals surface area (Å²) in [5, 5.41) is 9.53. The molecule has 0 aliphatic heterocycles. The van der Waals surface area contributed by atoms with Crippen LogP contribution in [-0.2, 0) is 0 Å². The molecule has 1 atom stereocenters. The molecule has 6 heteroatoms. The first-order valence-electron chi connectivity index (χ1n) is 6.75. The summed E-state index contributed by atoms with van der Waals surface area (Å²) in [4.78, 5) is 4.22. The van der Waals surface area contributed by atoms with Gasteiger partial charge in [0.2, 0.25) is 0 Å². The Kier molecular flexibility index (Phi) is 4.18. The molecule has 0 aliphatic rings. The normalized spacial score (nSPS) is 12.3. The van der Waals surface area contributed by atoms with Gasteiger partial charge in [0.25, 0.3) is 0 Å². The molecule has 3 aromatic rings. The average molecular weight is 320 g/mol. The number of rotatable bonds is 5. The lowest BCUT2D eigenvalue weighted by Crippen LogP contribution is -2.15. The van der Waals surface area contributed by atoms with Crippen molar-refractivity contribution >= 4 is 22.7 Å². The number of ether oxygens (including phenoxy) is 2. The third-order valence-electron chi connectivity index (χ3n) is 2.95. The van der Waals surface area contributed by atoms with Crippen molar-refractivity contribution < 1.29 is 19.0 Å². The van der Waals surface area contributed by atoms with Gasteiger partial charge in [0.05, 0.1) is 6.61 Å². The highest BCUT2D eigenvalue weighted by atomic mass is 35.5. The number of benzene rings is 2. The average Bonchev–Trinajstić information content (AvgIpc) is 2.90. The lowest BCUT2D eigenvalue weighted by Gasteiger charge is -2.11. The quantitative estimate of drug-likeness (QED) is 0.769. The Balaban J connectivity index is 1.74. The van der Waals surface area contributed by atoms with E-state index in [1.807, 2.05) is 0 Å². The van der Waals surface area contributed by atoms with E-state index in [1.165, 1.54) is 0 Å². The van der Waals surface area contributed by atoms with E-state index in [9.17, 15) is 0 Å². The Morgan fingerprint density at radius 2 is 1.91 bits per heavy atom. The molecule has 5 nitrogen and oxygen atoms in total. The van der Waals surface area contributed by atoms with Gasteiger partial charge in [-0.3, -0.25) is 0 Å². The molecule has 22 heavy (non-hydrogen) atoms. The van der Waals surface area contributed by atoms with E-state index >= 15 is 0 Å². The lowest BCUT2D eigenvalue weighted by molar-refractivity contribution is 0.129. The SMILES string of the molecule is CC(CO)Oc1ccc(Oc2nc3ccc(Cl)cc3o2)cc1. The minimum Gasteiger partial charge on any atom is -0.488 e. The molecule has 2 aromatic carbocycles. The minimum atomic E-state index is -0.256. The number of nitrogens with zero attached hydrogens (tertiary/aromatic N) is 1. The summed E-state index contributed by atoms with van der Waals surface area (Å²) in [5.41, 5.74) is 1.25. The van der Waals surface area contributed by atoms with Crippen LogP contribution in [0.25, 0.3) is 11.1 Å². The molecule has 114 valence electrons. The Bertz CT molecular complexity index is 769. The van der Waals surface area contributed by atoms with Gasteiger partial charge in [-0.2, -0.15) is 4.98 Å². The fraction of sp³-hybridized carbons (Fsp3) is 0.188. The molecule has 0 aliphatic carbocycles. The zero-order valence-electron chi connectivity index (χ0n) is 11.8. The van der Waals surface area contributed by atoms with Crippen molar-refractivity contribution in [2.24, 2.45) is 0 Å². The van der Waals surface area contributed by atoms with Gasteiger partial charge in [0, 0.05) is 11.1 Å². The van der Waals surface area contributed by atoms with Crippen LogP contribution in [-0.4, -0.2) is 22.8 Å². The highest BCUT2D eigenvalue weighted by molar-refractivity contribution is 6.31. The van der Waals surface area contributed by atoms with Crippen molar-refractivity contribution in [3.05, 3.63) is 47.5 Å². The predicted molar refractivity (Wildman–Crippen MR) is 82.7 cm³/mol.